The number of anilines is 1. The summed E-state index contributed by atoms with van der Waals surface area (Å²) in [6.45, 7) is 19.8. The Hall–Kier alpha value is -5.43. The van der Waals surface area contributed by atoms with E-state index in [-0.39, 0.29) is 42.4 Å². The van der Waals surface area contributed by atoms with Crippen molar-refractivity contribution in [1.29, 1.82) is 0 Å². The van der Waals surface area contributed by atoms with Gasteiger partial charge in [-0.05, 0) is 105 Å². The van der Waals surface area contributed by atoms with Crippen LogP contribution in [0.1, 0.15) is 68.9 Å². The van der Waals surface area contributed by atoms with E-state index in [0.29, 0.717) is 34.9 Å². The molecule has 4 aromatic carbocycles. The Morgan fingerprint density at radius 3 is 2.04 bits per heavy atom. The molecule has 0 saturated heterocycles. The Labute approximate surface area is 338 Å². The highest BCUT2D eigenvalue weighted by molar-refractivity contribution is 7.91. The Morgan fingerprint density at radius 2 is 1.49 bits per heavy atom. The van der Waals surface area contributed by atoms with Crippen molar-refractivity contribution in [2.45, 2.75) is 80.9 Å². The van der Waals surface area contributed by atoms with Crippen molar-refractivity contribution in [3.8, 4) is 16.9 Å². The fraction of sp³-hybridized carbons (Fsp3) is 0.386. The summed E-state index contributed by atoms with van der Waals surface area (Å²) < 4.78 is 49.2. The first-order chi connectivity index (χ1) is 27.1. The highest BCUT2D eigenvalue weighted by atomic mass is 32.2. The molecule has 57 heavy (non-hydrogen) atoms. The monoisotopic (exact) mass is 811 g/mol. The number of nitrogens with zero attached hydrogens (tertiary/aromatic N) is 2. The lowest BCUT2D eigenvalue weighted by molar-refractivity contribution is -0.737. The van der Waals surface area contributed by atoms with Gasteiger partial charge in [0.1, 0.15) is 31.8 Å². The lowest BCUT2D eigenvalue weighted by Crippen LogP contribution is -2.17. The van der Waals surface area contributed by atoms with Gasteiger partial charge in [0.2, 0.25) is 0 Å². The number of hydrogen-bond donors (Lipinski definition) is 0. The fourth-order valence-corrected chi connectivity index (χ4v) is 6.11. The van der Waals surface area contributed by atoms with E-state index in [4.69, 9.17) is 19.1 Å². The topological polar surface area (TPSA) is 136 Å². The van der Waals surface area contributed by atoms with Crippen LogP contribution in [0.3, 0.4) is 0 Å². The van der Waals surface area contributed by atoms with Crippen LogP contribution < -0.4 is 9.64 Å². The standard InChI is InChI=1S/C32H40FNO5S.C8H10NO2.C2H6.2CH2O/c1-7-40(36,37)16-15-38-29-17-23(4)32(24(5)18-29)27-10-8-9-25(19-27)21-34(6)28-13-11-26(30(33)20-28)12-14-31(35)39-22(2)3;1-7-5-3-4-6-8(7)9(10)11-2;3*1-2/h8-11,13,17-20,22H,7,12,14-16,21H2,1-6H3;3-6H,1-2H3;1-2H3;2*1H2/q;+1;;;. The van der Waals surface area contributed by atoms with Gasteiger partial charge in [0.15, 0.2) is 16.9 Å². The molecule has 0 atom stereocenters. The highest BCUT2D eigenvalue weighted by Gasteiger charge is 2.16. The van der Waals surface area contributed by atoms with Crippen LogP contribution in [0.4, 0.5) is 15.8 Å². The Bertz CT molecular complexity index is 1930. The number of benzene rings is 4. The number of carbonyl (C=O) groups excluding carboxylic acids is 3. The van der Waals surface area contributed by atoms with E-state index in [1.165, 1.54) is 13.2 Å². The predicted octanol–water partition coefficient (Wildman–Crippen LogP) is 9.07. The number of aryl methyl sites for hydroxylation is 4. The molecule has 0 spiro atoms. The van der Waals surface area contributed by atoms with Gasteiger partial charge >= 0.3 is 11.7 Å². The van der Waals surface area contributed by atoms with Crippen molar-refractivity contribution in [3.63, 3.8) is 0 Å². The largest absolute Gasteiger partial charge is 0.493 e. The number of halogens is 1. The second-order valence-electron chi connectivity index (χ2n) is 12.6. The summed E-state index contributed by atoms with van der Waals surface area (Å²) >= 11 is 0. The third-order valence-electron chi connectivity index (χ3n) is 8.17. The third-order valence-corrected chi connectivity index (χ3v) is 9.83. The number of sulfone groups is 1. The van der Waals surface area contributed by atoms with E-state index in [1.807, 2.05) is 103 Å². The molecule has 0 unspecified atom stereocenters. The van der Waals surface area contributed by atoms with Crippen LogP contribution in [0.25, 0.3) is 11.1 Å². The summed E-state index contributed by atoms with van der Waals surface area (Å²) in [6, 6.07) is 24.5. The Morgan fingerprint density at radius 1 is 0.877 bits per heavy atom. The van der Waals surface area contributed by atoms with E-state index in [2.05, 4.69) is 17.0 Å². The van der Waals surface area contributed by atoms with Crippen molar-refractivity contribution in [2.24, 2.45) is 0 Å². The summed E-state index contributed by atoms with van der Waals surface area (Å²) in [5, 5.41) is 0. The predicted molar refractivity (Wildman–Crippen MR) is 226 cm³/mol. The average Bonchev–Trinajstić information content (AvgIpc) is 3.19. The minimum atomic E-state index is -3.08. The molecule has 0 radical (unpaired) electrons. The first-order valence-corrected chi connectivity index (χ1v) is 20.3. The van der Waals surface area contributed by atoms with Crippen molar-refractivity contribution < 1.29 is 46.4 Å². The van der Waals surface area contributed by atoms with E-state index in [0.717, 1.165) is 39.1 Å². The molecule has 0 amide bonds. The minimum absolute atomic E-state index is 0.00152. The van der Waals surface area contributed by atoms with Crippen LogP contribution in [-0.4, -0.2) is 71.3 Å². The molecule has 0 N–H and O–H groups in total. The van der Waals surface area contributed by atoms with E-state index >= 15 is 0 Å². The molecule has 4 aromatic rings. The first-order valence-electron chi connectivity index (χ1n) is 18.5. The number of esters is 1. The maximum Gasteiger partial charge on any atom is 0.319 e. The molecule has 0 aliphatic carbocycles. The van der Waals surface area contributed by atoms with Gasteiger partial charge in [-0.3, -0.25) is 4.79 Å². The number of para-hydroxylation sites is 1. The van der Waals surface area contributed by atoms with Gasteiger partial charge in [0, 0.05) is 43.1 Å². The van der Waals surface area contributed by atoms with Gasteiger partial charge in [-0.15, -0.1) is 0 Å². The van der Waals surface area contributed by atoms with E-state index in [1.54, 1.807) is 39.0 Å². The minimum Gasteiger partial charge on any atom is -0.493 e. The van der Waals surface area contributed by atoms with Gasteiger partial charge in [0.05, 0.1) is 16.8 Å². The van der Waals surface area contributed by atoms with Gasteiger partial charge in [-0.1, -0.05) is 63.2 Å². The summed E-state index contributed by atoms with van der Waals surface area (Å²) in [5.41, 5.74) is 8.01. The van der Waals surface area contributed by atoms with Crippen LogP contribution >= 0.6 is 0 Å². The molecular formula is C44H60FN2O9S+. The molecule has 13 heteroatoms. The second kappa shape index (κ2) is 27.2. The molecule has 4 rings (SSSR count). The zero-order chi connectivity index (χ0) is 43.7. The van der Waals surface area contributed by atoms with Gasteiger partial charge in [-0.25, -0.2) is 17.6 Å². The molecule has 312 valence electrons. The average molecular weight is 812 g/mol. The summed E-state index contributed by atoms with van der Waals surface area (Å²) in [7, 11) is 0.189. The number of hydrogen-bond acceptors (Lipinski definition) is 10. The van der Waals surface area contributed by atoms with E-state index < -0.39 is 9.84 Å². The lowest BCUT2D eigenvalue weighted by Gasteiger charge is -2.21. The molecule has 0 aliphatic rings. The molecule has 0 aliphatic heterocycles. The van der Waals surface area contributed by atoms with Crippen LogP contribution in [0.2, 0.25) is 0 Å². The maximum atomic E-state index is 14.8. The number of ether oxygens (including phenoxy) is 2. The molecule has 11 nitrogen and oxygen atoms in total. The second-order valence-corrected chi connectivity index (χ2v) is 15.1. The van der Waals surface area contributed by atoms with Crippen LogP contribution in [0.5, 0.6) is 5.75 Å². The molecule has 0 aromatic heterocycles. The normalized spacial score (nSPS) is 10.1. The Balaban J connectivity index is 0.00000155. The van der Waals surface area contributed by atoms with Gasteiger partial charge in [0.25, 0.3) is 4.92 Å². The highest BCUT2D eigenvalue weighted by Crippen LogP contribution is 2.32. The molecular weight excluding hydrogens is 752 g/mol. The zero-order valence-corrected chi connectivity index (χ0v) is 35.9. The summed E-state index contributed by atoms with van der Waals surface area (Å²) in [6.07, 6.45) is 0.254. The van der Waals surface area contributed by atoms with Gasteiger partial charge < -0.3 is 24.0 Å². The number of rotatable bonds is 15. The van der Waals surface area contributed by atoms with E-state index in [9.17, 15) is 22.5 Å². The SMILES string of the molecule is C=O.C=O.CC.CCS(=O)(=O)CCOc1cc(C)c(-c2cccc(CN(C)c3ccc(CCC(=O)OC(C)C)c(F)c3)c2)c(C)c1.CO[N+](=O)c1ccccc1C. The van der Waals surface area contributed by atoms with Crippen LogP contribution in [0, 0.1) is 31.5 Å². The van der Waals surface area contributed by atoms with Crippen molar-refractivity contribution >= 4 is 40.8 Å². The van der Waals surface area contributed by atoms with Crippen molar-refractivity contribution in [2.75, 3.05) is 37.2 Å². The van der Waals surface area contributed by atoms with Gasteiger partial charge in [-0.2, -0.15) is 0 Å². The van der Waals surface area contributed by atoms with Crippen LogP contribution in [-0.2, 0) is 46.8 Å². The molecule has 0 bridgehead atoms. The summed E-state index contributed by atoms with van der Waals surface area (Å²) in [4.78, 5) is 45.7. The molecule has 0 fully saturated rings. The maximum absolute atomic E-state index is 14.8. The fourth-order valence-electron chi connectivity index (χ4n) is 5.49. The summed E-state index contributed by atoms with van der Waals surface area (Å²) in [5.74, 6) is 0.0961. The van der Waals surface area contributed by atoms with Crippen molar-refractivity contribution in [3.05, 3.63) is 117 Å². The third kappa shape index (κ3) is 17.9. The first kappa shape index (κ1) is 51.6. The zero-order valence-electron chi connectivity index (χ0n) is 35.1. The Kier molecular flexibility index (Phi) is 24.6. The lowest BCUT2D eigenvalue weighted by atomic mass is 9.94. The van der Waals surface area contributed by atoms with Crippen LogP contribution in [0.15, 0.2) is 78.9 Å². The molecule has 0 saturated carbocycles. The molecule has 0 heterocycles. The van der Waals surface area contributed by atoms with Crippen molar-refractivity contribution in [1.82, 2.24) is 0 Å². The quantitative estimate of drug-likeness (QED) is 0.0845. The smallest absolute Gasteiger partial charge is 0.319 e. The number of carbonyl (C=O) groups is 3.